The molecule has 1 atom stereocenters. The van der Waals surface area contributed by atoms with Gasteiger partial charge in [-0.3, -0.25) is 4.79 Å². The standard InChI is InChI=1S/C5H4BrCl3O3/c6-1-2(10)5(11)12-4(9)3(7)8/h3-4H,1H2. The molecule has 1 unspecified atom stereocenters. The number of halogens is 4. The van der Waals surface area contributed by atoms with Gasteiger partial charge in [-0.2, -0.15) is 0 Å². The molecule has 0 rings (SSSR count). The van der Waals surface area contributed by atoms with Crippen molar-refractivity contribution in [1.29, 1.82) is 0 Å². The fourth-order valence-electron chi connectivity index (χ4n) is 0.274. The molecule has 12 heavy (non-hydrogen) atoms. The summed E-state index contributed by atoms with van der Waals surface area (Å²) in [7, 11) is 0. The summed E-state index contributed by atoms with van der Waals surface area (Å²) in [5.74, 6) is -1.80. The first-order valence-electron chi connectivity index (χ1n) is 2.71. The highest BCUT2D eigenvalue weighted by atomic mass is 79.9. The second kappa shape index (κ2) is 6.02. The monoisotopic (exact) mass is 296 g/mol. The van der Waals surface area contributed by atoms with E-state index in [1.807, 2.05) is 0 Å². The van der Waals surface area contributed by atoms with Crippen LogP contribution in [0.1, 0.15) is 0 Å². The van der Waals surface area contributed by atoms with E-state index in [2.05, 4.69) is 20.7 Å². The topological polar surface area (TPSA) is 43.4 Å². The Balaban J connectivity index is 3.92. The second-order valence-corrected chi connectivity index (χ2v) is 3.80. The molecule has 0 saturated carbocycles. The smallest absolute Gasteiger partial charge is 0.377 e. The van der Waals surface area contributed by atoms with Crippen molar-refractivity contribution in [3.8, 4) is 0 Å². The summed E-state index contributed by atoms with van der Waals surface area (Å²) in [4.78, 5) is 20.2. The van der Waals surface area contributed by atoms with E-state index in [9.17, 15) is 9.59 Å². The van der Waals surface area contributed by atoms with E-state index in [4.69, 9.17) is 34.8 Å². The van der Waals surface area contributed by atoms with Crippen LogP contribution in [0.3, 0.4) is 0 Å². The lowest BCUT2D eigenvalue weighted by Gasteiger charge is -2.09. The van der Waals surface area contributed by atoms with Gasteiger partial charge in [-0.1, -0.05) is 50.7 Å². The quantitative estimate of drug-likeness (QED) is 0.452. The minimum Gasteiger partial charge on any atom is -0.437 e. The molecule has 3 nitrogen and oxygen atoms in total. The van der Waals surface area contributed by atoms with Crippen LogP contribution in [0.4, 0.5) is 0 Å². The van der Waals surface area contributed by atoms with Gasteiger partial charge in [0.2, 0.25) is 5.56 Å². The third-order valence-electron chi connectivity index (χ3n) is 0.767. The van der Waals surface area contributed by atoms with Crippen LogP contribution in [-0.4, -0.2) is 27.5 Å². The Bertz CT molecular complexity index is 185. The predicted molar refractivity (Wildman–Crippen MR) is 50.0 cm³/mol. The van der Waals surface area contributed by atoms with E-state index in [1.54, 1.807) is 0 Å². The number of hydrogen-bond acceptors (Lipinski definition) is 3. The van der Waals surface area contributed by atoms with E-state index in [1.165, 1.54) is 0 Å². The number of alkyl halides is 4. The molecule has 0 N–H and O–H groups in total. The molecule has 0 aromatic heterocycles. The Morgan fingerprint density at radius 3 is 2.17 bits per heavy atom. The van der Waals surface area contributed by atoms with Crippen LogP contribution in [0.15, 0.2) is 0 Å². The average Bonchev–Trinajstić information content (AvgIpc) is 2.02. The van der Waals surface area contributed by atoms with Crippen LogP contribution in [0.5, 0.6) is 0 Å². The molecule has 0 fully saturated rings. The zero-order chi connectivity index (χ0) is 9.72. The van der Waals surface area contributed by atoms with Gasteiger partial charge in [0.15, 0.2) is 4.84 Å². The van der Waals surface area contributed by atoms with Gasteiger partial charge in [-0.05, 0) is 0 Å². The van der Waals surface area contributed by atoms with Crippen molar-refractivity contribution in [2.24, 2.45) is 0 Å². The van der Waals surface area contributed by atoms with Crippen molar-refractivity contribution >= 4 is 62.5 Å². The molecular formula is C5H4BrCl3O3. The fraction of sp³-hybridized carbons (Fsp3) is 0.600. The summed E-state index contributed by atoms with van der Waals surface area (Å²) in [5, 5.41) is -0.120. The Morgan fingerprint density at radius 2 is 1.83 bits per heavy atom. The maximum absolute atomic E-state index is 10.7. The molecule has 0 aromatic carbocycles. The molecule has 0 radical (unpaired) electrons. The number of ether oxygens (including phenoxy) is 1. The molecule has 0 spiro atoms. The van der Waals surface area contributed by atoms with E-state index >= 15 is 0 Å². The molecule has 0 amide bonds. The Hall–Kier alpha value is 0.490. The highest BCUT2D eigenvalue weighted by molar-refractivity contribution is 9.09. The maximum atomic E-state index is 10.7. The molecule has 0 heterocycles. The van der Waals surface area contributed by atoms with Crippen LogP contribution in [0.25, 0.3) is 0 Å². The number of hydrogen-bond donors (Lipinski definition) is 0. The van der Waals surface area contributed by atoms with Crippen molar-refractivity contribution in [2.45, 2.75) is 10.4 Å². The van der Waals surface area contributed by atoms with Gasteiger partial charge in [-0.25, -0.2) is 4.79 Å². The number of esters is 1. The normalized spacial score (nSPS) is 12.8. The molecule has 0 aliphatic heterocycles. The predicted octanol–water partition coefficient (Wildman–Crippen LogP) is 1.86. The van der Waals surface area contributed by atoms with Crippen LogP contribution in [-0.2, 0) is 14.3 Å². The Morgan fingerprint density at radius 1 is 1.33 bits per heavy atom. The van der Waals surface area contributed by atoms with Crippen molar-refractivity contribution in [2.75, 3.05) is 5.33 Å². The van der Waals surface area contributed by atoms with E-state index < -0.39 is 22.2 Å². The zero-order valence-corrected chi connectivity index (χ0v) is 9.45. The molecule has 0 aromatic rings. The van der Waals surface area contributed by atoms with E-state index in [-0.39, 0.29) is 5.33 Å². The van der Waals surface area contributed by atoms with Gasteiger partial charge in [0.25, 0.3) is 5.78 Å². The first kappa shape index (κ1) is 12.5. The molecule has 0 bridgehead atoms. The van der Waals surface area contributed by atoms with Crippen molar-refractivity contribution in [3.05, 3.63) is 0 Å². The van der Waals surface area contributed by atoms with Gasteiger partial charge in [0, 0.05) is 0 Å². The van der Waals surface area contributed by atoms with Gasteiger partial charge >= 0.3 is 5.97 Å². The van der Waals surface area contributed by atoms with E-state index in [0.29, 0.717) is 0 Å². The van der Waals surface area contributed by atoms with Gasteiger partial charge in [-0.15, -0.1) is 0 Å². The van der Waals surface area contributed by atoms with Crippen LogP contribution < -0.4 is 0 Å². The van der Waals surface area contributed by atoms with Gasteiger partial charge in [0.1, 0.15) is 0 Å². The zero-order valence-electron chi connectivity index (χ0n) is 5.60. The lowest BCUT2D eigenvalue weighted by molar-refractivity contribution is -0.153. The summed E-state index contributed by atoms with van der Waals surface area (Å²) >= 11 is 18.6. The van der Waals surface area contributed by atoms with Crippen molar-refractivity contribution in [1.82, 2.24) is 0 Å². The molecule has 7 heteroatoms. The first-order chi connectivity index (χ1) is 5.49. The number of ketones is 1. The summed E-state index contributed by atoms with van der Waals surface area (Å²) < 4.78 is 4.35. The summed E-state index contributed by atoms with van der Waals surface area (Å²) in [5.41, 5.74) is -1.20. The second-order valence-electron chi connectivity index (χ2n) is 1.65. The van der Waals surface area contributed by atoms with Crippen LogP contribution in [0.2, 0.25) is 0 Å². The van der Waals surface area contributed by atoms with Crippen molar-refractivity contribution in [3.63, 3.8) is 0 Å². The van der Waals surface area contributed by atoms with Crippen LogP contribution in [0, 0.1) is 0 Å². The number of rotatable bonds is 4. The molecule has 70 valence electrons. The van der Waals surface area contributed by atoms with Gasteiger partial charge in [0.05, 0.1) is 5.33 Å². The SMILES string of the molecule is O=C(CBr)C(=O)OC(Cl)C(Cl)Cl. The Kier molecular flexibility index (Phi) is 6.27. The number of carbonyl (C=O) groups is 2. The summed E-state index contributed by atoms with van der Waals surface area (Å²) in [6.45, 7) is 0. The van der Waals surface area contributed by atoms with Gasteiger partial charge < -0.3 is 4.74 Å². The first-order valence-corrected chi connectivity index (χ1v) is 5.14. The minimum atomic E-state index is -1.20. The lowest BCUT2D eigenvalue weighted by atomic mass is 10.5. The fourth-order valence-corrected chi connectivity index (χ4v) is 0.687. The third-order valence-corrected chi connectivity index (χ3v) is 2.33. The summed E-state index contributed by atoms with van der Waals surface area (Å²) in [6, 6.07) is 0. The maximum Gasteiger partial charge on any atom is 0.377 e. The summed E-state index contributed by atoms with van der Waals surface area (Å²) in [6.07, 6.45) is 0. The lowest BCUT2D eigenvalue weighted by Crippen LogP contribution is -2.25. The number of Topliss-reactive ketones (excluding diaryl/α,β-unsaturated/α-hetero) is 1. The number of carbonyl (C=O) groups excluding carboxylic acids is 2. The molecular weight excluding hydrogens is 294 g/mol. The average molecular weight is 298 g/mol. The van der Waals surface area contributed by atoms with Crippen molar-refractivity contribution < 1.29 is 14.3 Å². The molecule has 0 aliphatic rings. The highest BCUT2D eigenvalue weighted by Crippen LogP contribution is 2.15. The highest BCUT2D eigenvalue weighted by Gasteiger charge is 2.22. The molecule has 0 saturated heterocycles. The Labute approximate surface area is 92.4 Å². The minimum absolute atomic E-state index is 0.120. The van der Waals surface area contributed by atoms with Crippen LogP contribution >= 0.6 is 50.7 Å². The van der Waals surface area contributed by atoms with E-state index in [0.717, 1.165) is 0 Å². The molecule has 0 aliphatic carbocycles. The third kappa shape index (κ3) is 4.50. The largest absolute Gasteiger partial charge is 0.437 e.